The fourth-order valence-electron chi connectivity index (χ4n) is 4.20. The zero-order valence-electron chi connectivity index (χ0n) is 18.8. The highest BCUT2D eigenvalue weighted by molar-refractivity contribution is 5.87. The summed E-state index contributed by atoms with van der Waals surface area (Å²) in [6, 6.07) is 39.8. The third kappa shape index (κ3) is 4.13. The summed E-state index contributed by atoms with van der Waals surface area (Å²) < 4.78 is 0. The van der Waals surface area contributed by atoms with Gasteiger partial charge in [-0.05, 0) is 24.3 Å². The van der Waals surface area contributed by atoms with Crippen molar-refractivity contribution in [3.63, 3.8) is 0 Å². The summed E-state index contributed by atoms with van der Waals surface area (Å²) in [5.74, 6) is 0.859. The minimum absolute atomic E-state index is 0.177. The van der Waals surface area contributed by atoms with E-state index >= 15 is 0 Å². The molecule has 2 aromatic heterocycles. The van der Waals surface area contributed by atoms with E-state index in [-0.39, 0.29) is 5.75 Å². The number of hydrogen-bond donors (Lipinski definition) is 1. The van der Waals surface area contributed by atoms with Crippen LogP contribution in [0.5, 0.6) is 5.75 Å². The number of aromatic hydroxyl groups is 1. The number of para-hydroxylation sites is 1. The highest BCUT2D eigenvalue weighted by atomic mass is 16.3. The number of fused-ring (bicyclic) bond motifs is 1. The summed E-state index contributed by atoms with van der Waals surface area (Å²) in [5.41, 5.74) is 7.02. The average molecular weight is 452 g/mol. The second-order valence-electron chi connectivity index (χ2n) is 8.32. The Kier molecular flexibility index (Phi) is 5.24. The Labute approximate surface area is 203 Å². The lowest BCUT2D eigenvalue weighted by atomic mass is 10.0. The van der Waals surface area contributed by atoms with Crippen molar-refractivity contribution >= 4 is 10.9 Å². The lowest BCUT2D eigenvalue weighted by molar-refractivity contribution is 0.480. The number of hydrogen-bond acceptors (Lipinski definition) is 4. The van der Waals surface area contributed by atoms with E-state index in [4.69, 9.17) is 15.0 Å². The molecule has 4 heteroatoms. The topological polar surface area (TPSA) is 58.9 Å². The molecule has 6 rings (SSSR count). The second kappa shape index (κ2) is 8.84. The maximum Gasteiger partial charge on any atom is 0.160 e. The smallest absolute Gasteiger partial charge is 0.160 e. The Hall–Kier alpha value is -4.83. The normalized spacial score (nSPS) is 11.0. The van der Waals surface area contributed by atoms with Gasteiger partial charge in [0.1, 0.15) is 11.3 Å². The molecule has 0 atom stereocenters. The molecule has 0 unspecified atom stereocenters. The summed E-state index contributed by atoms with van der Waals surface area (Å²) in [5, 5.41) is 11.2. The number of aromatic nitrogens is 3. The van der Waals surface area contributed by atoms with Crippen molar-refractivity contribution in [2.45, 2.75) is 0 Å². The lowest BCUT2D eigenvalue weighted by Crippen LogP contribution is -1.96. The maximum absolute atomic E-state index is 10.3. The number of rotatable bonds is 4. The van der Waals surface area contributed by atoms with Crippen LogP contribution in [-0.4, -0.2) is 20.1 Å². The zero-order chi connectivity index (χ0) is 23.6. The van der Waals surface area contributed by atoms with Gasteiger partial charge in [-0.2, -0.15) is 0 Å². The molecule has 0 amide bonds. The van der Waals surface area contributed by atoms with E-state index in [9.17, 15) is 5.11 Å². The number of phenolic OH excluding ortho intramolecular Hbond substituents is 1. The minimum atomic E-state index is 0.177. The maximum atomic E-state index is 10.3. The number of phenols is 1. The van der Waals surface area contributed by atoms with E-state index in [1.54, 1.807) is 6.07 Å². The number of benzene rings is 4. The molecule has 35 heavy (non-hydrogen) atoms. The van der Waals surface area contributed by atoms with Gasteiger partial charge in [0.05, 0.1) is 17.1 Å². The van der Waals surface area contributed by atoms with Crippen molar-refractivity contribution in [2.75, 3.05) is 0 Å². The molecule has 6 aromatic rings. The predicted octanol–water partition coefficient (Wildman–Crippen LogP) is 7.40. The fraction of sp³-hybridized carbons (Fsp3) is 0. The summed E-state index contributed by atoms with van der Waals surface area (Å²) in [6.07, 6.45) is 0. The first-order valence-electron chi connectivity index (χ1n) is 11.4. The van der Waals surface area contributed by atoms with Crippen molar-refractivity contribution in [2.24, 2.45) is 0 Å². The Bertz CT molecular complexity index is 1590. The highest BCUT2D eigenvalue weighted by Crippen LogP contribution is 2.31. The molecular formula is C31H21N3O. The van der Waals surface area contributed by atoms with Crippen LogP contribution < -0.4 is 0 Å². The van der Waals surface area contributed by atoms with Gasteiger partial charge in [-0.3, -0.25) is 0 Å². The minimum Gasteiger partial charge on any atom is -0.506 e. The van der Waals surface area contributed by atoms with Gasteiger partial charge in [-0.1, -0.05) is 97.1 Å². The van der Waals surface area contributed by atoms with E-state index in [1.807, 2.05) is 97.1 Å². The van der Waals surface area contributed by atoms with Crippen LogP contribution in [0.2, 0.25) is 0 Å². The summed E-state index contributed by atoms with van der Waals surface area (Å²) in [6.45, 7) is 0. The lowest BCUT2D eigenvalue weighted by Gasteiger charge is -2.11. The van der Waals surface area contributed by atoms with E-state index in [0.717, 1.165) is 44.7 Å². The quantitative estimate of drug-likeness (QED) is 0.303. The molecule has 0 fully saturated rings. The van der Waals surface area contributed by atoms with Gasteiger partial charge < -0.3 is 5.11 Å². The van der Waals surface area contributed by atoms with Crippen molar-refractivity contribution in [1.82, 2.24) is 15.0 Å². The van der Waals surface area contributed by atoms with Crippen LogP contribution in [0.1, 0.15) is 0 Å². The van der Waals surface area contributed by atoms with Crippen LogP contribution in [0, 0.1) is 0 Å². The molecule has 4 nitrogen and oxygen atoms in total. The molecule has 0 bridgehead atoms. The molecule has 0 spiro atoms. The van der Waals surface area contributed by atoms with Gasteiger partial charge in [0.25, 0.3) is 0 Å². The molecule has 0 saturated heterocycles. The third-order valence-electron chi connectivity index (χ3n) is 5.98. The molecule has 0 saturated carbocycles. The SMILES string of the molecule is Oc1cccc2ccc(-c3cccc(-c4cc(-c5ccccc5)nc(-c5ccccc5)n4)c3)nc12. The van der Waals surface area contributed by atoms with Crippen LogP contribution in [0.15, 0.2) is 121 Å². The second-order valence-corrected chi connectivity index (χ2v) is 8.32. The van der Waals surface area contributed by atoms with Crippen LogP contribution in [0.3, 0.4) is 0 Å². The number of nitrogens with zero attached hydrogens (tertiary/aromatic N) is 3. The van der Waals surface area contributed by atoms with E-state index in [0.29, 0.717) is 11.3 Å². The van der Waals surface area contributed by atoms with Gasteiger partial charge >= 0.3 is 0 Å². The Balaban J connectivity index is 1.49. The average Bonchev–Trinajstić information content (AvgIpc) is 2.94. The molecule has 0 aliphatic heterocycles. The van der Waals surface area contributed by atoms with Crippen LogP contribution in [0.4, 0.5) is 0 Å². The van der Waals surface area contributed by atoms with E-state index in [1.165, 1.54) is 0 Å². The summed E-state index contributed by atoms with van der Waals surface area (Å²) >= 11 is 0. The van der Waals surface area contributed by atoms with E-state index < -0.39 is 0 Å². The van der Waals surface area contributed by atoms with Gasteiger partial charge in [0.2, 0.25) is 0 Å². The summed E-state index contributed by atoms with van der Waals surface area (Å²) in [4.78, 5) is 14.5. The first kappa shape index (κ1) is 20.8. The highest BCUT2D eigenvalue weighted by Gasteiger charge is 2.12. The van der Waals surface area contributed by atoms with Gasteiger partial charge in [-0.15, -0.1) is 0 Å². The largest absolute Gasteiger partial charge is 0.506 e. The third-order valence-corrected chi connectivity index (χ3v) is 5.98. The van der Waals surface area contributed by atoms with Crippen LogP contribution >= 0.6 is 0 Å². The monoisotopic (exact) mass is 451 g/mol. The van der Waals surface area contributed by atoms with Gasteiger partial charge in [0.15, 0.2) is 5.82 Å². The number of pyridine rings is 1. The first-order valence-corrected chi connectivity index (χ1v) is 11.4. The fourth-order valence-corrected chi connectivity index (χ4v) is 4.20. The molecule has 4 aromatic carbocycles. The van der Waals surface area contributed by atoms with Crippen molar-refractivity contribution in [3.05, 3.63) is 121 Å². The summed E-state index contributed by atoms with van der Waals surface area (Å²) in [7, 11) is 0. The van der Waals surface area contributed by atoms with Crippen LogP contribution in [0.25, 0.3) is 56.1 Å². The van der Waals surface area contributed by atoms with Crippen LogP contribution in [-0.2, 0) is 0 Å². The Morgan fingerprint density at radius 2 is 1.03 bits per heavy atom. The van der Waals surface area contributed by atoms with E-state index in [2.05, 4.69) is 18.2 Å². The standard InChI is InChI=1S/C31H21N3O/c35-29-16-8-13-22-17-18-26(32-30(22)29)24-14-7-15-25(19-24)28-20-27(21-9-3-1-4-10-21)33-31(34-28)23-11-5-2-6-12-23/h1-20,35H. The molecule has 166 valence electrons. The molecule has 2 heterocycles. The van der Waals surface area contributed by atoms with Crippen molar-refractivity contribution in [3.8, 4) is 50.9 Å². The molecule has 0 radical (unpaired) electrons. The Morgan fingerprint density at radius 3 is 1.77 bits per heavy atom. The van der Waals surface area contributed by atoms with Crippen molar-refractivity contribution in [1.29, 1.82) is 0 Å². The zero-order valence-corrected chi connectivity index (χ0v) is 18.8. The van der Waals surface area contributed by atoms with Gasteiger partial charge in [-0.25, -0.2) is 15.0 Å². The first-order chi connectivity index (χ1) is 17.2. The molecule has 0 aliphatic carbocycles. The molecular weight excluding hydrogens is 430 g/mol. The van der Waals surface area contributed by atoms with Crippen molar-refractivity contribution < 1.29 is 5.11 Å². The Morgan fingerprint density at radius 1 is 0.429 bits per heavy atom. The molecule has 1 N–H and O–H groups in total. The molecule has 0 aliphatic rings. The van der Waals surface area contributed by atoms with Gasteiger partial charge in [0, 0.05) is 27.6 Å². The predicted molar refractivity (Wildman–Crippen MR) is 141 cm³/mol.